The molecule has 0 radical (unpaired) electrons. The molecule has 0 saturated heterocycles. The highest BCUT2D eigenvalue weighted by atomic mass is 79.9. The number of hydrogen-bond acceptors (Lipinski definition) is 2. The van der Waals surface area contributed by atoms with E-state index in [0.29, 0.717) is 11.3 Å². The summed E-state index contributed by atoms with van der Waals surface area (Å²) in [4.78, 5) is 23.0. The summed E-state index contributed by atoms with van der Waals surface area (Å²) in [5, 5.41) is 14.0. The molecule has 0 fully saturated rings. The highest BCUT2D eigenvalue weighted by Gasteiger charge is 2.32. The van der Waals surface area contributed by atoms with Crippen molar-refractivity contribution in [1.82, 2.24) is 5.32 Å². The third-order valence-electron chi connectivity index (χ3n) is 3.08. The molecule has 1 aromatic rings. The molecule has 3 N–H and O–H groups in total. The van der Waals surface area contributed by atoms with Crippen molar-refractivity contribution in [3.8, 4) is 0 Å². The third-order valence-corrected chi connectivity index (χ3v) is 3.69. The van der Waals surface area contributed by atoms with Gasteiger partial charge in [-0.1, -0.05) is 6.92 Å². The van der Waals surface area contributed by atoms with Crippen LogP contribution in [0.4, 0.5) is 14.9 Å². The van der Waals surface area contributed by atoms with E-state index in [-0.39, 0.29) is 10.9 Å². The fourth-order valence-electron chi connectivity index (χ4n) is 1.48. The van der Waals surface area contributed by atoms with Gasteiger partial charge in [-0.15, -0.1) is 0 Å². The Bertz CT molecular complexity index is 551. The van der Waals surface area contributed by atoms with E-state index in [4.69, 9.17) is 5.11 Å². The van der Waals surface area contributed by atoms with Crippen molar-refractivity contribution in [3.05, 3.63) is 28.0 Å². The molecule has 5 nitrogen and oxygen atoms in total. The number of urea groups is 1. The van der Waals surface area contributed by atoms with Crippen molar-refractivity contribution in [2.75, 3.05) is 5.32 Å². The van der Waals surface area contributed by atoms with Gasteiger partial charge in [-0.2, -0.15) is 0 Å². The zero-order valence-electron chi connectivity index (χ0n) is 11.4. The van der Waals surface area contributed by atoms with Gasteiger partial charge < -0.3 is 15.7 Å². The lowest BCUT2D eigenvalue weighted by atomic mass is 10.00. The standard InChI is InChI=1S/C13H16BrFN2O3/c1-4-13(3,11(18)19)17-12(20)16-10-6-8(14)9(15)5-7(10)2/h5-6H,4H2,1-3H3,(H,18,19)(H2,16,17,20). The molecular weight excluding hydrogens is 331 g/mol. The van der Waals surface area contributed by atoms with Gasteiger partial charge in [0.1, 0.15) is 11.4 Å². The zero-order chi connectivity index (χ0) is 15.5. The Kier molecular flexibility index (Phi) is 5.10. The van der Waals surface area contributed by atoms with Gasteiger partial charge in [-0.05, 0) is 53.9 Å². The molecule has 0 saturated carbocycles. The molecule has 1 unspecified atom stereocenters. The predicted molar refractivity (Wildman–Crippen MR) is 77.3 cm³/mol. The Morgan fingerprint density at radius 3 is 2.55 bits per heavy atom. The van der Waals surface area contributed by atoms with Crippen LogP contribution in [0.2, 0.25) is 0 Å². The number of rotatable bonds is 4. The van der Waals surface area contributed by atoms with Crippen molar-refractivity contribution in [3.63, 3.8) is 0 Å². The summed E-state index contributed by atoms with van der Waals surface area (Å²) in [6.07, 6.45) is 0.238. The predicted octanol–water partition coefficient (Wildman–Crippen LogP) is 3.27. The molecule has 7 heteroatoms. The summed E-state index contributed by atoms with van der Waals surface area (Å²) in [6, 6.07) is 2.04. The maximum absolute atomic E-state index is 13.3. The van der Waals surface area contributed by atoms with E-state index in [0.717, 1.165) is 0 Å². The van der Waals surface area contributed by atoms with Crippen LogP contribution in [0.5, 0.6) is 0 Å². The Morgan fingerprint density at radius 1 is 1.45 bits per heavy atom. The first-order valence-corrected chi connectivity index (χ1v) is 6.77. The second-order valence-electron chi connectivity index (χ2n) is 4.65. The Morgan fingerprint density at radius 2 is 2.05 bits per heavy atom. The second kappa shape index (κ2) is 6.21. The lowest BCUT2D eigenvalue weighted by Crippen LogP contribution is -2.53. The molecule has 0 heterocycles. The largest absolute Gasteiger partial charge is 0.480 e. The summed E-state index contributed by atoms with van der Waals surface area (Å²) in [5.41, 5.74) is -0.413. The zero-order valence-corrected chi connectivity index (χ0v) is 13.0. The molecule has 0 aliphatic carbocycles. The first-order valence-electron chi connectivity index (χ1n) is 5.98. The summed E-state index contributed by atoms with van der Waals surface area (Å²) in [5.74, 6) is -1.55. The lowest BCUT2D eigenvalue weighted by Gasteiger charge is -2.25. The van der Waals surface area contributed by atoms with Gasteiger partial charge in [0.2, 0.25) is 0 Å². The van der Waals surface area contributed by atoms with Crippen molar-refractivity contribution in [1.29, 1.82) is 0 Å². The Balaban J connectivity index is 2.87. The van der Waals surface area contributed by atoms with Crippen molar-refractivity contribution < 1.29 is 19.1 Å². The van der Waals surface area contributed by atoms with Crippen LogP contribution in [-0.4, -0.2) is 22.6 Å². The summed E-state index contributed by atoms with van der Waals surface area (Å²) in [7, 11) is 0. The molecule has 1 rings (SSSR count). The second-order valence-corrected chi connectivity index (χ2v) is 5.51. The number of anilines is 1. The van der Waals surface area contributed by atoms with Gasteiger partial charge in [-0.3, -0.25) is 0 Å². The van der Waals surface area contributed by atoms with E-state index in [2.05, 4.69) is 26.6 Å². The first-order chi connectivity index (χ1) is 9.19. The van der Waals surface area contributed by atoms with Crippen LogP contribution < -0.4 is 10.6 Å². The number of carboxylic acid groups (broad SMARTS) is 1. The number of aliphatic carboxylic acids is 1. The number of carboxylic acids is 1. The van der Waals surface area contributed by atoms with Gasteiger partial charge in [0.15, 0.2) is 0 Å². The number of halogens is 2. The van der Waals surface area contributed by atoms with Crippen LogP contribution >= 0.6 is 15.9 Å². The molecule has 1 atom stereocenters. The van der Waals surface area contributed by atoms with Crippen LogP contribution in [-0.2, 0) is 4.79 Å². The number of benzene rings is 1. The van der Waals surface area contributed by atoms with Crippen LogP contribution in [0.3, 0.4) is 0 Å². The fraction of sp³-hybridized carbons (Fsp3) is 0.385. The Hall–Kier alpha value is -1.63. The first kappa shape index (κ1) is 16.4. The van der Waals surface area contributed by atoms with Crippen LogP contribution in [0.1, 0.15) is 25.8 Å². The maximum atomic E-state index is 13.3. The highest BCUT2D eigenvalue weighted by Crippen LogP contribution is 2.24. The van der Waals surface area contributed by atoms with Gasteiger partial charge in [0.25, 0.3) is 0 Å². The normalized spacial score (nSPS) is 13.4. The minimum Gasteiger partial charge on any atom is -0.480 e. The average Bonchev–Trinajstić information content (AvgIpc) is 2.35. The molecule has 0 bridgehead atoms. The van der Waals surface area contributed by atoms with Crippen molar-refractivity contribution in [2.45, 2.75) is 32.7 Å². The van der Waals surface area contributed by atoms with Gasteiger partial charge >= 0.3 is 12.0 Å². The molecule has 0 aliphatic rings. The lowest BCUT2D eigenvalue weighted by molar-refractivity contribution is -0.143. The SMILES string of the molecule is CCC(C)(NC(=O)Nc1cc(Br)c(F)cc1C)C(=O)O. The summed E-state index contributed by atoms with van der Waals surface area (Å²) < 4.78 is 13.5. The van der Waals surface area contributed by atoms with E-state index >= 15 is 0 Å². The Labute approximate surface area is 124 Å². The number of carbonyl (C=O) groups excluding carboxylic acids is 1. The van der Waals surface area contributed by atoms with Crippen LogP contribution in [0.15, 0.2) is 16.6 Å². The molecular formula is C13H16BrFN2O3. The minimum absolute atomic E-state index is 0.217. The molecule has 0 aromatic heterocycles. The highest BCUT2D eigenvalue weighted by molar-refractivity contribution is 9.10. The quantitative estimate of drug-likeness (QED) is 0.782. The fourth-order valence-corrected chi connectivity index (χ4v) is 1.82. The minimum atomic E-state index is -1.35. The number of carbonyl (C=O) groups is 2. The average molecular weight is 347 g/mol. The third kappa shape index (κ3) is 3.69. The van der Waals surface area contributed by atoms with Gasteiger partial charge in [0, 0.05) is 5.69 Å². The van der Waals surface area contributed by atoms with E-state index in [1.807, 2.05) is 0 Å². The van der Waals surface area contributed by atoms with Crippen LogP contribution in [0.25, 0.3) is 0 Å². The van der Waals surface area contributed by atoms with E-state index in [1.165, 1.54) is 19.1 Å². The van der Waals surface area contributed by atoms with Crippen molar-refractivity contribution in [2.24, 2.45) is 0 Å². The number of aryl methyl sites for hydroxylation is 1. The number of nitrogens with one attached hydrogen (secondary N) is 2. The van der Waals surface area contributed by atoms with Gasteiger partial charge in [0.05, 0.1) is 4.47 Å². The van der Waals surface area contributed by atoms with Gasteiger partial charge in [-0.25, -0.2) is 14.0 Å². The van der Waals surface area contributed by atoms with Crippen LogP contribution in [0, 0.1) is 12.7 Å². The number of hydrogen-bond donors (Lipinski definition) is 3. The van der Waals surface area contributed by atoms with E-state index in [9.17, 15) is 14.0 Å². The summed E-state index contributed by atoms with van der Waals surface area (Å²) >= 11 is 3.03. The van der Waals surface area contributed by atoms with E-state index < -0.39 is 23.4 Å². The molecule has 110 valence electrons. The maximum Gasteiger partial charge on any atom is 0.329 e. The molecule has 0 spiro atoms. The number of amides is 2. The monoisotopic (exact) mass is 346 g/mol. The molecule has 20 heavy (non-hydrogen) atoms. The molecule has 1 aromatic carbocycles. The van der Waals surface area contributed by atoms with E-state index in [1.54, 1.807) is 13.8 Å². The topological polar surface area (TPSA) is 78.4 Å². The molecule has 2 amide bonds. The van der Waals surface area contributed by atoms with Crippen molar-refractivity contribution >= 4 is 33.6 Å². The summed E-state index contributed by atoms with van der Waals surface area (Å²) in [6.45, 7) is 4.72. The molecule has 0 aliphatic heterocycles. The smallest absolute Gasteiger partial charge is 0.329 e.